The zero-order valence-corrected chi connectivity index (χ0v) is 18.6. The smallest absolute Gasteiger partial charge is 0.433 e. The van der Waals surface area contributed by atoms with Crippen LogP contribution in [0.25, 0.3) is 6.08 Å². The van der Waals surface area contributed by atoms with Gasteiger partial charge in [-0.15, -0.1) is 11.3 Å². The van der Waals surface area contributed by atoms with E-state index in [0.717, 1.165) is 53.0 Å². The van der Waals surface area contributed by atoms with Crippen molar-refractivity contribution in [1.29, 1.82) is 5.26 Å². The van der Waals surface area contributed by atoms with E-state index in [1.165, 1.54) is 16.4 Å². The Hall–Kier alpha value is -3.02. The lowest BCUT2D eigenvalue weighted by Gasteiger charge is -2.27. The molecule has 2 aromatic rings. The number of carbonyl (C=O) groups excluding carboxylic acids is 2. The standard InChI is InChI=1S/C24H25N3O4S/c25-14-21-20-8-6-18(16-30-24(29)27-10-1-2-11-31-27)12-22(20)32-23(21)13-19(28)7-5-17-4-3-9-26-15-17/h3-5,7,9,15,18H,1-2,6,8,10-13,16H2/b7-5+. The Morgan fingerprint density at radius 1 is 1.41 bits per heavy atom. The van der Waals surface area contributed by atoms with Gasteiger partial charge >= 0.3 is 6.09 Å². The largest absolute Gasteiger partial charge is 0.448 e. The van der Waals surface area contributed by atoms with Crippen LogP contribution in [0.3, 0.4) is 0 Å². The molecule has 1 atom stereocenters. The van der Waals surface area contributed by atoms with Gasteiger partial charge in [0, 0.05) is 28.6 Å². The summed E-state index contributed by atoms with van der Waals surface area (Å²) in [6.07, 6.45) is 10.7. The van der Waals surface area contributed by atoms with Gasteiger partial charge in [-0.3, -0.25) is 14.6 Å². The van der Waals surface area contributed by atoms with Crippen molar-refractivity contribution in [3.63, 3.8) is 0 Å². The van der Waals surface area contributed by atoms with Crippen LogP contribution in [0.5, 0.6) is 0 Å². The molecule has 2 aliphatic rings. The van der Waals surface area contributed by atoms with Crippen LogP contribution in [0.1, 0.15) is 45.7 Å². The predicted octanol–water partition coefficient (Wildman–Crippen LogP) is 4.11. The minimum atomic E-state index is -0.425. The molecule has 1 amide bonds. The number of aromatic nitrogens is 1. The SMILES string of the molecule is N#Cc1c(CC(=O)/C=C/c2cccnc2)sc2c1CCC(COC(=O)N1CCCCO1)C2. The van der Waals surface area contributed by atoms with Crippen LogP contribution in [-0.4, -0.2) is 41.7 Å². The maximum Gasteiger partial charge on any atom is 0.433 e. The van der Waals surface area contributed by atoms with Gasteiger partial charge in [0.25, 0.3) is 0 Å². The van der Waals surface area contributed by atoms with Gasteiger partial charge in [0.2, 0.25) is 0 Å². The molecular formula is C24H25N3O4S. The highest BCUT2D eigenvalue weighted by atomic mass is 32.1. The Kier molecular flexibility index (Phi) is 7.30. The predicted molar refractivity (Wildman–Crippen MR) is 120 cm³/mol. The summed E-state index contributed by atoms with van der Waals surface area (Å²) >= 11 is 1.54. The van der Waals surface area contributed by atoms with E-state index in [1.54, 1.807) is 24.5 Å². The Labute approximate surface area is 191 Å². The van der Waals surface area contributed by atoms with Gasteiger partial charge in [-0.1, -0.05) is 6.07 Å². The molecule has 1 aliphatic heterocycles. The van der Waals surface area contributed by atoms with E-state index < -0.39 is 6.09 Å². The van der Waals surface area contributed by atoms with Gasteiger partial charge in [-0.05, 0) is 67.4 Å². The molecule has 2 aromatic heterocycles. The number of pyridine rings is 1. The minimum Gasteiger partial charge on any atom is -0.448 e. The number of amides is 1. The molecule has 1 saturated heterocycles. The third-order valence-corrected chi connectivity index (χ3v) is 6.94. The van der Waals surface area contributed by atoms with E-state index >= 15 is 0 Å². The van der Waals surface area contributed by atoms with E-state index in [2.05, 4.69) is 11.1 Å². The highest BCUT2D eigenvalue weighted by Gasteiger charge is 2.28. The van der Waals surface area contributed by atoms with Crippen molar-refractivity contribution in [2.24, 2.45) is 5.92 Å². The van der Waals surface area contributed by atoms with Gasteiger partial charge in [0.1, 0.15) is 6.07 Å². The molecule has 166 valence electrons. The molecule has 32 heavy (non-hydrogen) atoms. The first-order valence-corrected chi connectivity index (χ1v) is 11.7. The second kappa shape index (κ2) is 10.5. The molecule has 4 rings (SSSR count). The topological polar surface area (TPSA) is 92.5 Å². The van der Waals surface area contributed by atoms with Crippen LogP contribution in [0.4, 0.5) is 4.79 Å². The summed E-state index contributed by atoms with van der Waals surface area (Å²) in [5, 5.41) is 11.0. The first-order chi connectivity index (χ1) is 15.6. The number of hydrogen-bond donors (Lipinski definition) is 0. The van der Waals surface area contributed by atoms with Gasteiger partial charge in [-0.2, -0.15) is 10.3 Å². The van der Waals surface area contributed by atoms with Crippen molar-refractivity contribution in [2.45, 2.75) is 38.5 Å². The summed E-state index contributed by atoms with van der Waals surface area (Å²) < 4.78 is 5.47. The zero-order valence-electron chi connectivity index (χ0n) is 17.8. The number of allylic oxidation sites excluding steroid dienone is 1. The number of fused-ring (bicyclic) bond motifs is 1. The van der Waals surface area contributed by atoms with Crippen molar-refractivity contribution in [3.8, 4) is 6.07 Å². The molecule has 7 nitrogen and oxygen atoms in total. The van der Waals surface area contributed by atoms with Crippen LogP contribution in [0.2, 0.25) is 0 Å². The second-order valence-electron chi connectivity index (χ2n) is 8.00. The van der Waals surface area contributed by atoms with Gasteiger partial charge < -0.3 is 4.74 Å². The highest BCUT2D eigenvalue weighted by molar-refractivity contribution is 7.12. The number of nitriles is 1. The minimum absolute atomic E-state index is 0.0454. The number of nitrogens with zero attached hydrogens (tertiary/aromatic N) is 3. The van der Waals surface area contributed by atoms with Gasteiger partial charge in [-0.25, -0.2) is 4.79 Å². The lowest BCUT2D eigenvalue weighted by atomic mass is 9.87. The Balaban J connectivity index is 1.36. The van der Waals surface area contributed by atoms with Crippen LogP contribution in [0, 0.1) is 17.2 Å². The van der Waals surface area contributed by atoms with E-state index in [0.29, 0.717) is 25.3 Å². The van der Waals surface area contributed by atoms with Crippen molar-refractivity contribution in [3.05, 3.63) is 57.0 Å². The highest BCUT2D eigenvalue weighted by Crippen LogP contribution is 2.36. The first-order valence-electron chi connectivity index (χ1n) is 10.9. The number of carbonyl (C=O) groups is 2. The average molecular weight is 452 g/mol. The van der Waals surface area contributed by atoms with Crippen LogP contribution < -0.4 is 0 Å². The summed E-state index contributed by atoms with van der Waals surface area (Å²) in [6.45, 7) is 1.45. The van der Waals surface area contributed by atoms with Gasteiger partial charge in [0.15, 0.2) is 5.78 Å². The third kappa shape index (κ3) is 5.42. The maximum absolute atomic E-state index is 12.5. The van der Waals surface area contributed by atoms with Crippen LogP contribution >= 0.6 is 11.3 Å². The first kappa shape index (κ1) is 22.2. The van der Waals surface area contributed by atoms with Gasteiger partial charge in [0.05, 0.1) is 25.3 Å². The number of rotatable bonds is 6. The molecule has 1 fully saturated rings. The number of hydroxylamine groups is 2. The Bertz CT molecular complexity index is 1040. The molecule has 3 heterocycles. The molecule has 0 spiro atoms. The molecule has 0 saturated carbocycles. The monoisotopic (exact) mass is 451 g/mol. The average Bonchev–Trinajstić information content (AvgIpc) is 3.18. The molecule has 1 unspecified atom stereocenters. The second-order valence-corrected chi connectivity index (χ2v) is 9.19. The van der Waals surface area contributed by atoms with Crippen LogP contribution in [-0.2, 0) is 33.6 Å². The summed E-state index contributed by atoms with van der Waals surface area (Å²) in [5.41, 5.74) is 2.56. The molecule has 0 bridgehead atoms. The quantitative estimate of drug-likeness (QED) is 0.614. The molecule has 0 N–H and O–H groups in total. The maximum atomic E-state index is 12.5. The van der Waals surface area contributed by atoms with E-state index in [1.807, 2.05) is 12.1 Å². The summed E-state index contributed by atoms with van der Waals surface area (Å²) in [4.78, 5) is 36.0. The summed E-state index contributed by atoms with van der Waals surface area (Å²) in [5.74, 6) is 0.159. The fourth-order valence-electron chi connectivity index (χ4n) is 3.99. The lowest BCUT2D eigenvalue weighted by Crippen LogP contribution is -2.37. The Morgan fingerprint density at radius 3 is 3.06 bits per heavy atom. The third-order valence-electron chi connectivity index (χ3n) is 5.68. The molecular weight excluding hydrogens is 426 g/mol. The van der Waals surface area contributed by atoms with Crippen LogP contribution in [0.15, 0.2) is 30.6 Å². The normalized spacial score (nSPS) is 18.2. The molecule has 0 aromatic carbocycles. The number of thiophene rings is 1. The van der Waals surface area contributed by atoms with Crippen molar-refractivity contribution < 1.29 is 19.2 Å². The van der Waals surface area contributed by atoms with E-state index in [-0.39, 0.29) is 18.1 Å². The van der Waals surface area contributed by atoms with E-state index in [9.17, 15) is 14.9 Å². The fraction of sp³-hybridized carbons (Fsp3) is 0.417. The van der Waals surface area contributed by atoms with Crippen molar-refractivity contribution in [1.82, 2.24) is 10.0 Å². The van der Waals surface area contributed by atoms with E-state index in [4.69, 9.17) is 9.57 Å². The molecule has 0 radical (unpaired) electrons. The Morgan fingerprint density at radius 2 is 2.31 bits per heavy atom. The lowest BCUT2D eigenvalue weighted by molar-refractivity contribution is -0.157. The van der Waals surface area contributed by atoms with Crippen molar-refractivity contribution >= 4 is 29.3 Å². The number of ketones is 1. The van der Waals surface area contributed by atoms with Crippen molar-refractivity contribution in [2.75, 3.05) is 19.8 Å². The molecule has 8 heteroatoms. The summed E-state index contributed by atoms with van der Waals surface area (Å²) in [7, 11) is 0. The zero-order chi connectivity index (χ0) is 22.3. The number of ether oxygens (including phenoxy) is 1. The fourth-order valence-corrected chi connectivity index (χ4v) is 5.42. The molecule has 1 aliphatic carbocycles. The summed E-state index contributed by atoms with van der Waals surface area (Å²) in [6, 6.07) is 6.01. The number of hydrogen-bond acceptors (Lipinski definition) is 7.